The molecule has 1 aliphatic rings. The number of aromatic nitrogens is 1. The maximum absolute atomic E-state index is 14.2. The lowest BCUT2D eigenvalue weighted by Crippen LogP contribution is -2.75. The molecule has 77 heavy (non-hydrogen) atoms. The summed E-state index contributed by atoms with van der Waals surface area (Å²) in [5.41, 5.74) is -28.1. The minimum Gasteiger partial charge on any atom is -0.287 e. The highest BCUT2D eigenvalue weighted by molar-refractivity contribution is 7.20. The van der Waals surface area contributed by atoms with E-state index in [0.29, 0.717) is 5.78 Å². The molecule has 0 bridgehead atoms. The van der Waals surface area contributed by atoms with Gasteiger partial charge in [0.2, 0.25) is 11.5 Å². The molecular weight excluding hydrogens is 1100 g/mol. The summed E-state index contributed by atoms with van der Waals surface area (Å²) in [6.45, 7) is 0.759. The van der Waals surface area contributed by atoms with Crippen LogP contribution in [0.2, 0.25) is 0 Å². The van der Waals surface area contributed by atoms with Gasteiger partial charge >= 0.3 is 49.4 Å². The molecule has 7 rings (SSSR count). The van der Waals surface area contributed by atoms with Crippen LogP contribution in [-0.4, -0.2) is 11.9 Å². The first kappa shape index (κ1) is 59.5. The Morgan fingerprint density at radius 2 is 0.636 bits per heavy atom. The van der Waals surface area contributed by atoms with Crippen LogP contribution in [0.25, 0.3) is 0 Å². The van der Waals surface area contributed by atoms with Crippen LogP contribution in [0.15, 0.2) is 128 Å². The fraction of sp³-hybridized carbons (Fsp3) is 0.280. The molecule has 1 aliphatic carbocycles. The summed E-state index contributed by atoms with van der Waals surface area (Å²) in [5.74, 6) is 0.554. The molecule has 0 N–H and O–H groups in total. The smallest absolute Gasteiger partial charge is 0.287 e. The zero-order chi connectivity index (χ0) is 57.7. The van der Waals surface area contributed by atoms with Crippen LogP contribution in [-0.2, 0) is 56.0 Å². The lowest BCUT2D eigenvalue weighted by molar-refractivity contribution is -0.690. The Morgan fingerprint density at radius 3 is 0.896 bits per heavy atom. The van der Waals surface area contributed by atoms with Crippen molar-refractivity contribution >= 4 is 33.8 Å². The van der Waals surface area contributed by atoms with Gasteiger partial charge < -0.3 is 0 Å². The average molecular weight is 1130 g/mol. The second-order valence-electron chi connectivity index (χ2n) is 17.8. The molecule has 5 aromatic carbocycles. The highest BCUT2D eigenvalue weighted by atomic mass is 19.4. The number of hydrogen-bond donors (Lipinski definition) is 0. The summed E-state index contributed by atoms with van der Waals surface area (Å²) in [7, 11) is 0. The van der Waals surface area contributed by atoms with Gasteiger partial charge in [-0.05, 0) is 43.2 Å². The van der Waals surface area contributed by atoms with Crippen molar-refractivity contribution in [3.05, 3.63) is 183 Å². The molecular formula is C50H32BF24NO. The van der Waals surface area contributed by atoms with E-state index in [2.05, 4.69) is 16.7 Å². The summed E-state index contributed by atoms with van der Waals surface area (Å²) < 4.78 is 343. The Kier molecular flexibility index (Phi) is 16.2. The van der Waals surface area contributed by atoms with Gasteiger partial charge in [-0.15, -0.1) is 0 Å². The zero-order valence-corrected chi connectivity index (χ0v) is 38.2. The largest absolute Gasteiger partial charge is 0.416 e. The van der Waals surface area contributed by atoms with Crippen molar-refractivity contribution < 1.29 is 115 Å². The molecule has 1 heterocycles. The van der Waals surface area contributed by atoms with E-state index >= 15 is 0 Å². The van der Waals surface area contributed by atoms with Gasteiger partial charge in [0.05, 0.1) is 44.5 Å². The van der Waals surface area contributed by atoms with Gasteiger partial charge in [-0.3, -0.25) is 4.79 Å². The minimum absolute atomic E-state index is 0.236. The van der Waals surface area contributed by atoms with Crippen molar-refractivity contribution in [2.45, 2.75) is 81.6 Å². The number of pyridine rings is 1. The van der Waals surface area contributed by atoms with Gasteiger partial charge in [0, 0.05) is 23.6 Å². The van der Waals surface area contributed by atoms with Crippen molar-refractivity contribution in [1.29, 1.82) is 0 Å². The Labute approximate surface area is 418 Å². The predicted molar refractivity (Wildman–Crippen MR) is 229 cm³/mol. The lowest BCUT2D eigenvalue weighted by Gasteiger charge is -2.46. The molecule has 1 aromatic heterocycles. The molecule has 6 aromatic rings. The standard InChI is InChI=1S/C32H12BF24.C18H20NO/c34-25(35,36)13-1-14(26(37,38)39)6-21(5-13)33(22-7-15(27(40,41)42)2-16(8-22)28(43,44)45,23-9-17(29(46,47)48)3-18(10-23)30(49,50)51)24-11-19(31(52,53)54)4-20(12-24)32(55,56)57;20-18(16-10-4-5-11-16)17-12-6-7-13-19(17)14-15-8-2-1-3-9-15/h1-12H;1-3,6-9,12-13,16H,4-5,10-11,14H2/q-1;+1. The number of hydrogen-bond acceptors (Lipinski definition) is 1. The number of alkyl halides is 24. The molecule has 0 spiro atoms. The van der Waals surface area contributed by atoms with Crippen LogP contribution < -0.4 is 26.4 Å². The highest BCUT2D eigenvalue weighted by Gasteiger charge is 2.47. The molecule has 0 radical (unpaired) electrons. The van der Waals surface area contributed by atoms with Crippen LogP contribution in [0.1, 0.15) is 86.2 Å². The maximum atomic E-state index is 14.2. The number of Topliss-reactive ketones (excluding diaryl/α,β-unsaturated/α-hetero) is 1. The quantitative estimate of drug-likeness (QED) is 0.0644. The first-order chi connectivity index (χ1) is 35.1. The summed E-state index contributed by atoms with van der Waals surface area (Å²) in [5, 5.41) is 0. The van der Waals surface area contributed by atoms with Gasteiger partial charge in [0.15, 0.2) is 12.7 Å². The third-order valence-corrected chi connectivity index (χ3v) is 12.6. The molecule has 1 fully saturated rings. The number of halogens is 24. The number of benzene rings is 5. The monoisotopic (exact) mass is 1130 g/mol. The van der Waals surface area contributed by atoms with Crippen LogP contribution in [0.5, 0.6) is 0 Å². The Balaban J connectivity index is 0.000000397. The van der Waals surface area contributed by atoms with Gasteiger partial charge in [-0.2, -0.15) is 132 Å². The summed E-state index contributed by atoms with van der Waals surface area (Å²) in [4.78, 5) is 12.6. The second-order valence-corrected chi connectivity index (χ2v) is 17.8. The van der Waals surface area contributed by atoms with Gasteiger partial charge in [0.1, 0.15) is 6.15 Å². The van der Waals surface area contributed by atoms with E-state index in [4.69, 9.17) is 0 Å². The second kappa shape index (κ2) is 20.9. The molecule has 2 nitrogen and oxygen atoms in total. The summed E-state index contributed by atoms with van der Waals surface area (Å²) in [6, 6.07) is 7.41. The van der Waals surface area contributed by atoms with E-state index in [-0.39, 0.29) is 5.92 Å². The molecule has 0 atom stereocenters. The fourth-order valence-electron chi connectivity index (χ4n) is 9.09. The van der Waals surface area contributed by atoms with Gasteiger partial charge in [0.25, 0.3) is 0 Å². The summed E-state index contributed by atoms with van der Waals surface area (Å²) >= 11 is 0. The van der Waals surface area contributed by atoms with Gasteiger partial charge in [-0.1, -0.05) is 91.7 Å². The van der Waals surface area contributed by atoms with Crippen molar-refractivity contribution in [3.63, 3.8) is 0 Å². The Bertz CT molecular complexity index is 2640. The number of rotatable bonds is 8. The topological polar surface area (TPSA) is 20.9 Å². The lowest BCUT2D eigenvalue weighted by atomic mass is 9.12. The number of nitrogens with zero attached hydrogens (tertiary/aromatic N) is 1. The molecule has 0 unspecified atom stereocenters. The number of carbonyl (C=O) groups is 1. The molecule has 27 heteroatoms. The third kappa shape index (κ3) is 13.7. The van der Waals surface area contributed by atoms with Crippen molar-refractivity contribution in [2.75, 3.05) is 0 Å². The maximum Gasteiger partial charge on any atom is 0.416 e. The number of ketones is 1. The molecule has 0 saturated heterocycles. The molecule has 0 aliphatic heterocycles. The summed E-state index contributed by atoms with van der Waals surface area (Å²) in [6.07, 6.45) is -48.3. The van der Waals surface area contributed by atoms with E-state index in [1.54, 1.807) is 0 Å². The van der Waals surface area contributed by atoms with Crippen molar-refractivity contribution in [2.24, 2.45) is 5.92 Å². The molecule has 414 valence electrons. The van der Waals surface area contributed by atoms with E-state index in [0.717, 1.165) is 25.1 Å². The van der Waals surface area contributed by atoms with Crippen LogP contribution in [0.3, 0.4) is 0 Å². The zero-order valence-electron chi connectivity index (χ0n) is 38.2. The average Bonchev–Trinajstić information content (AvgIpc) is 3.85. The van der Waals surface area contributed by atoms with E-state index in [9.17, 15) is 110 Å². The van der Waals surface area contributed by atoms with Gasteiger partial charge in [-0.25, -0.2) is 0 Å². The minimum atomic E-state index is -6.13. The third-order valence-electron chi connectivity index (χ3n) is 12.6. The first-order valence-corrected chi connectivity index (χ1v) is 22.0. The fourth-order valence-corrected chi connectivity index (χ4v) is 9.09. The highest BCUT2D eigenvalue weighted by Crippen LogP contribution is 2.41. The van der Waals surface area contributed by atoms with Crippen molar-refractivity contribution in [1.82, 2.24) is 0 Å². The Morgan fingerprint density at radius 1 is 0.377 bits per heavy atom. The first-order valence-electron chi connectivity index (χ1n) is 22.0. The van der Waals surface area contributed by atoms with E-state index in [1.807, 2.05) is 42.6 Å². The molecule has 1 saturated carbocycles. The van der Waals surface area contributed by atoms with Crippen LogP contribution >= 0.6 is 0 Å². The van der Waals surface area contributed by atoms with E-state index < -0.39 is 195 Å². The Hall–Kier alpha value is -6.70. The SMILES string of the molecule is FC(F)(F)c1cc([B-](c2cc(C(F)(F)F)cc(C(F)(F)F)c2)(c2cc(C(F)(F)F)cc(C(F)(F)F)c2)c2cc(C(F)(F)F)cc(C(F)(F)F)c2)cc(C(F)(F)F)c1.O=C(c1cccc[n+]1Cc1ccccc1)C1CCCC1. The number of carbonyl (C=O) groups excluding carboxylic acids is 1. The van der Waals surface area contributed by atoms with Crippen LogP contribution in [0, 0.1) is 5.92 Å². The normalized spacial score (nSPS) is 14.6. The van der Waals surface area contributed by atoms with Crippen molar-refractivity contribution in [3.8, 4) is 0 Å². The van der Waals surface area contributed by atoms with Crippen LogP contribution in [0.4, 0.5) is 105 Å². The predicted octanol–water partition coefficient (Wildman–Crippen LogP) is 14.6. The van der Waals surface area contributed by atoms with E-state index in [1.165, 1.54) is 18.4 Å². The molecule has 0 amide bonds.